The smallest absolute Gasteiger partial charge is 0.352 e. The Hall–Kier alpha value is -5.12. The van der Waals surface area contributed by atoms with Crippen LogP contribution in [0, 0.1) is 0 Å². The number of phenolic OH excluding ortho intramolecular Hbond substituents is 1. The van der Waals surface area contributed by atoms with Gasteiger partial charge in [-0.05, 0) is 55.3 Å². The van der Waals surface area contributed by atoms with Gasteiger partial charge in [-0.3, -0.25) is 9.59 Å². The Kier molecular flexibility index (Phi) is 8.65. The first kappa shape index (κ1) is 29.9. The highest BCUT2D eigenvalue weighted by Gasteiger charge is 2.41. The van der Waals surface area contributed by atoms with Gasteiger partial charge in [0, 0.05) is 36.2 Å². The molecule has 3 aromatic carbocycles. The van der Waals surface area contributed by atoms with Crippen LogP contribution in [0.3, 0.4) is 0 Å². The van der Waals surface area contributed by atoms with Crippen LogP contribution in [0.2, 0.25) is 0 Å². The van der Waals surface area contributed by atoms with Gasteiger partial charge in [0.15, 0.2) is 11.4 Å². The van der Waals surface area contributed by atoms with Gasteiger partial charge in [-0.25, -0.2) is 9.59 Å². The predicted molar refractivity (Wildman–Crippen MR) is 153 cm³/mol. The van der Waals surface area contributed by atoms with Gasteiger partial charge < -0.3 is 29.7 Å². The third kappa shape index (κ3) is 6.60. The van der Waals surface area contributed by atoms with Gasteiger partial charge in [-0.2, -0.15) is 0 Å². The maximum absolute atomic E-state index is 13.0. The number of phenols is 1. The van der Waals surface area contributed by atoms with E-state index < -0.39 is 35.0 Å². The van der Waals surface area contributed by atoms with E-state index in [9.17, 15) is 29.4 Å². The molecule has 0 radical (unpaired) electrons. The number of hydrogen-bond donors (Lipinski definition) is 3. The lowest BCUT2D eigenvalue weighted by Gasteiger charge is -2.30. The number of aliphatic hydroxyl groups is 1. The van der Waals surface area contributed by atoms with Gasteiger partial charge in [0.25, 0.3) is 11.7 Å². The van der Waals surface area contributed by atoms with Gasteiger partial charge in [0.1, 0.15) is 23.9 Å². The number of anilines is 1. The van der Waals surface area contributed by atoms with E-state index in [-0.39, 0.29) is 34.8 Å². The average molecular weight is 574 g/mol. The summed E-state index contributed by atoms with van der Waals surface area (Å²) in [6.45, 7) is 6.28. The highest BCUT2D eigenvalue weighted by molar-refractivity contribution is 6.20. The zero-order valence-corrected chi connectivity index (χ0v) is 23.6. The number of hydrogen-bond acceptors (Lipinski definition) is 9. The number of amides is 1. The first-order valence-corrected chi connectivity index (χ1v) is 13.3. The molecular formula is C32H31NO9. The Bertz CT molecular complexity index is 1580. The molecule has 3 aromatic rings. The van der Waals surface area contributed by atoms with Crippen molar-refractivity contribution in [3.05, 3.63) is 94.1 Å². The molecule has 3 N–H and O–H groups in total. The molecule has 0 spiro atoms. The first-order valence-electron chi connectivity index (χ1n) is 13.3. The summed E-state index contributed by atoms with van der Waals surface area (Å²) in [6, 6.07) is 15.9. The third-order valence-corrected chi connectivity index (χ3v) is 6.42. The summed E-state index contributed by atoms with van der Waals surface area (Å²) in [4.78, 5) is 49.5. The molecule has 0 aliphatic carbocycles. The fourth-order valence-corrected chi connectivity index (χ4v) is 4.43. The Morgan fingerprint density at radius 1 is 0.952 bits per heavy atom. The monoisotopic (exact) mass is 573 g/mol. The number of rotatable bonds is 9. The maximum atomic E-state index is 13.0. The number of aromatic hydroxyl groups is 1. The maximum Gasteiger partial charge on any atom is 0.352 e. The quantitative estimate of drug-likeness (QED) is 0.0994. The normalized spacial score (nSPS) is 14.0. The van der Waals surface area contributed by atoms with E-state index in [2.05, 4.69) is 5.32 Å². The minimum absolute atomic E-state index is 0.0512. The number of benzene rings is 3. The van der Waals surface area contributed by atoms with Crippen molar-refractivity contribution in [3.63, 3.8) is 0 Å². The molecule has 0 saturated carbocycles. The summed E-state index contributed by atoms with van der Waals surface area (Å²) in [5.41, 5.74) is 1.56. The molecule has 0 atom stereocenters. The number of Topliss-reactive ketones (excluding diaryl/α,β-unsaturated/α-hetero) is 1. The molecule has 0 bridgehead atoms. The molecule has 0 unspecified atom stereocenters. The van der Waals surface area contributed by atoms with Crippen molar-refractivity contribution >= 4 is 35.1 Å². The van der Waals surface area contributed by atoms with Crippen molar-refractivity contribution in [2.24, 2.45) is 0 Å². The van der Waals surface area contributed by atoms with E-state index in [0.29, 0.717) is 23.4 Å². The zero-order valence-electron chi connectivity index (χ0n) is 23.6. The van der Waals surface area contributed by atoms with Crippen LogP contribution in [0.15, 0.2) is 66.2 Å². The fraction of sp³-hybridized carbons (Fsp3) is 0.250. The summed E-state index contributed by atoms with van der Waals surface area (Å²) >= 11 is 0. The molecule has 1 amide bonds. The Labute approximate surface area is 242 Å². The van der Waals surface area contributed by atoms with Crippen LogP contribution in [-0.4, -0.2) is 39.6 Å². The standard InChI is InChI=1S/C32H31NO9/c1-5-8-24-25(14-13-23(18(2)34)28(24)36)40-17-19-9-6-12-22(15-19)33-29(37)21-11-7-10-20(16-21)27(35)26-30(38)41-32(3,4)42-31(26)39/h6-7,9-16,35-36H,5,8,17H2,1-4H3,(H,33,37). The minimum atomic E-state index is -1.46. The van der Waals surface area contributed by atoms with E-state index >= 15 is 0 Å². The summed E-state index contributed by atoms with van der Waals surface area (Å²) in [5, 5.41) is 24.0. The summed E-state index contributed by atoms with van der Waals surface area (Å²) in [5.74, 6) is -4.54. The minimum Gasteiger partial charge on any atom is -0.507 e. The second-order valence-corrected chi connectivity index (χ2v) is 10.2. The molecule has 218 valence electrons. The third-order valence-electron chi connectivity index (χ3n) is 6.42. The number of esters is 2. The molecule has 4 rings (SSSR count). The van der Waals surface area contributed by atoms with Crippen LogP contribution in [-0.2, 0) is 32.1 Å². The molecular weight excluding hydrogens is 542 g/mol. The summed E-state index contributed by atoms with van der Waals surface area (Å²) in [6.07, 6.45) is 1.28. The second-order valence-electron chi connectivity index (χ2n) is 10.2. The highest BCUT2D eigenvalue weighted by Crippen LogP contribution is 2.34. The lowest BCUT2D eigenvalue weighted by molar-refractivity contribution is -0.222. The van der Waals surface area contributed by atoms with Crippen LogP contribution in [0.4, 0.5) is 5.69 Å². The average Bonchev–Trinajstić information content (AvgIpc) is 2.92. The zero-order chi connectivity index (χ0) is 30.6. The molecule has 10 nitrogen and oxygen atoms in total. The molecule has 1 aliphatic heterocycles. The molecule has 42 heavy (non-hydrogen) atoms. The fourth-order valence-electron chi connectivity index (χ4n) is 4.43. The van der Waals surface area contributed by atoms with Crippen molar-refractivity contribution < 1.29 is 43.6 Å². The van der Waals surface area contributed by atoms with Crippen LogP contribution < -0.4 is 10.1 Å². The predicted octanol–water partition coefficient (Wildman–Crippen LogP) is 5.48. The number of aliphatic hydroxyl groups excluding tert-OH is 1. The van der Waals surface area contributed by atoms with E-state index in [1.165, 1.54) is 51.1 Å². The molecule has 10 heteroatoms. The Morgan fingerprint density at radius 2 is 1.62 bits per heavy atom. The molecule has 1 aliphatic rings. The number of nitrogens with one attached hydrogen (secondary N) is 1. The van der Waals surface area contributed by atoms with Crippen molar-refractivity contribution in [3.8, 4) is 11.5 Å². The van der Waals surface area contributed by atoms with Crippen molar-refractivity contribution in [2.75, 3.05) is 5.32 Å². The second kappa shape index (κ2) is 12.2. The number of ether oxygens (including phenoxy) is 3. The number of ketones is 1. The van der Waals surface area contributed by atoms with Gasteiger partial charge in [0.05, 0.1) is 5.56 Å². The van der Waals surface area contributed by atoms with E-state index in [1.807, 2.05) is 13.0 Å². The van der Waals surface area contributed by atoms with Crippen LogP contribution in [0.1, 0.15) is 71.5 Å². The van der Waals surface area contributed by atoms with Gasteiger partial charge >= 0.3 is 11.9 Å². The number of carbonyl (C=O) groups excluding carboxylic acids is 4. The summed E-state index contributed by atoms with van der Waals surface area (Å²) < 4.78 is 16.1. The molecule has 0 aromatic heterocycles. The summed E-state index contributed by atoms with van der Waals surface area (Å²) in [7, 11) is 0. The van der Waals surface area contributed by atoms with E-state index in [4.69, 9.17) is 14.2 Å². The van der Waals surface area contributed by atoms with Gasteiger partial charge in [-0.1, -0.05) is 37.6 Å². The molecule has 1 saturated heterocycles. The number of carbonyl (C=O) groups is 4. The van der Waals surface area contributed by atoms with Crippen molar-refractivity contribution in [1.82, 2.24) is 0 Å². The topological polar surface area (TPSA) is 148 Å². The largest absolute Gasteiger partial charge is 0.507 e. The molecule has 1 heterocycles. The van der Waals surface area contributed by atoms with E-state index in [0.717, 1.165) is 12.0 Å². The lowest BCUT2D eigenvalue weighted by atomic mass is 10.0. The molecule has 1 fully saturated rings. The highest BCUT2D eigenvalue weighted by atomic mass is 16.7. The SMILES string of the molecule is CCCc1c(OCc2cccc(NC(=O)c3cccc(C(O)=C4C(=O)OC(C)(C)OC4=O)c3)c2)ccc(C(C)=O)c1O. The van der Waals surface area contributed by atoms with Crippen molar-refractivity contribution in [1.29, 1.82) is 0 Å². The Balaban J connectivity index is 1.49. The van der Waals surface area contributed by atoms with E-state index in [1.54, 1.807) is 24.3 Å². The Morgan fingerprint density at radius 3 is 2.29 bits per heavy atom. The number of cyclic esters (lactones) is 2. The lowest BCUT2D eigenvalue weighted by Crippen LogP contribution is -2.42. The first-order chi connectivity index (χ1) is 19.9. The van der Waals surface area contributed by atoms with Crippen molar-refractivity contribution in [2.45, 2.75) is 52.9 Å². The van der Waals surface area contributed by atoms with Gasteiger partial charge in [0.2, 0.25) is 0 Å². The van der Waals surface area contributed by atoms with Crippen LogP contribution in [0.5, 0.6) is 11.5 Å². The van der Waals surface area contributed by atoms with Crippen LogP contribution in [0.25, 0.3) is 5.76 Å². The van der Waals surface area contributed by atoms with Crippen LogP contribution >= 0.6 is 0 Å². The van der Waals surface area contributed by atoms with Gasteiger partial charge in [-0.15, -0.1) is 0 Å².